The van der Waals surface area contributed by atoms with Crippen molar-refractivity contribution < 1.29 is 14.7 Å². The van der Waals surface area contributed by atoms with Gasteiger partial charge in [0.05, 0.1) is 10.6 Å². The predicted octanol–water partition coefficient (Wildman–Crippen LogP) is 2.71. The number of nitrogens with zero attached hydrogens (tertiary/aromatic N) is 2. The van der Waals surface area contributed by atoms with E-state index in [4.69, 9.17) is 28.3 Å². The Bertz CT molecular complexity index is 512. The number of halogens is 2. The summed E-state index contributed by atoms with van der Waals surface area (Å²) in [5.74, 6) is -1.54. The molecule has 0 saturated heterocycles. The van der Waals surface area contributed by atoms with Gasteiger partial charge >= 0.3 is 5.97 Å². The third-order valence-electron chi connectivity index (χ3n) is 2.39. The van der Waals surface area contributed by atoms with Gasteiger partial charge in [0.15, 0.2) is 0 Å². The zero-order valence-electron chi connectivity index (χ0n) is 10.8. The van der Waals surface area contributed by atoms with E-state index < -0.39 is 24.0 Å². The van der Waals surface area contributed by atoms with Gasteiger partial charge in [-0.3, -0.25) is 9.59 Å². The average Bonchev–Trinajstić information content (AvgIpc) is 2.27. The molecule has 0 radical (unpaired) electrons. The first-order valence-corrected chi connectivity index (χ1v) is 6.23. The number of carboxylic acids is 1. The van der Waals surface area contributed by atoms with E-state index in [1.165, 1.54) is 17.2 Å². The van der Waals surface area contributed by atoms with Crippen LogP contribution in [-0.4, -0.2) is 39.0 Å². The lowest BCUT2D eigenvalue weighted by Gasteiger charge is -2.34. The van der Waals surface area contributed by atoms with Gasteiger partial charge in [0, 0.05) is 11.7 Å². The molecule has 1 aromatic heterocycles. The molecule has 0 aliphatic carbocycles. The summed E-state index contributed by atoms with van der Waals surface area (Å²) in [6.07, 6.45) is 1.27. The fourth-order valence-electron chi connectivity index (χ4n) is 1.44. The van der Waals surface area contributed by atoms with Gasteiger partial charge in [0.25, 0.3) is 5.91 Å². The molecule has 0 atom stereocenters. The van der Waals surface area contributed by atoms with E-state index in [-0.39, 0.29) is 15.7 Å². The van der Waals surface area contributed by atoms with Crippen LogP contribution in [0.25, 0.3) is 0 Å². The largest absolute Gasteiger partial charge is 0.480 e. The van der Waals surface area contributed by atoms with Crippen LogP contribution in [0.2, 0.25) is 10.2 Å². The van der Waals surface area contributed by atoms with Crippen molar-refractivity contribution in [3.63, 3.8) is 0 Å². The van der Waals surface area contributed by atoms with Gasteiger partial charge in [-0.25, -0.2) is 4.98 Å². The molecule has 1 aromatic rings. The van der Waals surface area contributed by atoms with Crippen molar-refractivity contribution >= 4 is 35.1 Å². The van der Waals surface area contributed by atoms with Crippen LogP contribution in [0.4, 0.5) is 0 Å². The van der Waals surface area contributed by atoms with Gasteiger partial charge in [-0.2, -0.15) is 0 Å². The van der Waals surface area contributed by atoms with Crippen molar-refractivity contribution in [3.05, 3.63) is 28.0 Å². The molecule has 1 N–H and O–H groups in total. The number of pyridine rings is 1. The number of carboxylic acid groups (broad SMARTS) is 1. The van der Waals surface area contributed by atoms with Gasteiger partial charge in [-0.1, -0.05) is 23.2 Å². The number of aliphatic carboxylic acids is 1. The average molecular weight is 305 g/mol. The van der Waals surface area contributed by atoms with Gasteiger partial charge in [0.2, 0.25) is 0 Å². The summed E-state index contributed by atoms with van der Waals surface area (Å²) >= 11 is 11.5. The molecule has 1 rings (SSSR count). The molecule has 0 unspecified atom stereocenters. The number of hydrogen-bond donors (Lipinski definition) is 1. The molecule has 0 aliphatic rings. The standard InChI is InChI=1S/C12H14Cl2N2O3/c1-12(2,3)16(6-9(17)18)11(19)7-4-8(13)10(14)15-5-7/h4-5H,6H2,1-3H3,(H,17,18). The number of amides is 1. The molecule has 5 nitrogen and oxygen atoms in total. The maximum atomic E-state index is 12.3. The van der Waals surface area contributed by atoms with E-state index in [0.717, 1.165) is 0 Å². The Labute approximate surface area is 121 Å². The quantitative estimate of drug-likeness (QED) is 0.872. The highest BCUT2D eigenvalue weighted by molar-refractivity contribution is 6.41. The van der Waals surface area contributed by atoms with Crippen LogP contribution in [0.15, 0.2) is 12.3 Å². The second-order valence-electron chi connectivity index (χ2n) is 4.95. The SMILES string of the molecule is CC(C)(C)N(CC(=O)O)C(=O)c1cnc(Cl)c(Cl)c1. The molecular formula is C12H14Cl2N2O3. The monoisotopic (exact) mass is 304 g/mol. The van der Waals surface area contributed by atoms with Gasteiger partial charge in [-0.05, 0) is 26.8 Å². The van der Waals surface area contributed by atoms with Crippen molar-refractivity contribution in [2.24, 2.45) is 0 Å². The zero-order valence-corrected chi connectivity index (χ0v) is 12.3. The highest BCUT2D eigenvalue weighted by Gasteiger charge is 2.29. The molecule has 0 saturated carbocycles. The van der Waals surface area contributed by atoms with E-state index in [1.807, 2.05) is 0 Å². The van der Waals surface area contributed by atoms with E-state index in [1.54, 1.807) is 20.8 Å². The molecule has 0 aromatic carbocycles. The van der Waals surface area contributed by atoms with E-state index in [9.17, 15) is 9.59 Å². The van der Waals surface area contributed by atoms with Crippen LogP contribution >= 0.6 is 23.2 Å². The van der Waals surface area contributed by atoms with Crippen molar-refractivity contribution in [1.29, 1.82) is 0 Å². The minimum atomic E-state index is -1.09. The predicted molar refractivity (Wildman–Crippen MR) is 72.7 cm³/mol. The third kappa shape index (κ3) is 4.08. The van der Waals surface area contributed by atoms with Crippen LogP contribution in [-0.2, 0) is 4.79 Å². The maximum Gasteiger partial charge on any atom is 0.323 e. The van der Waals surface area contributed by atoms with Crippen LogP contribution in [0.1, 0.15) is 31.1 Å². The molecule has 19 heavy (non-hydrogen) atoms. The molecule has 104 valence electrons. The van der Waals surface area contributed by atoms with Crippen molar-refractivity contribution in [2.45, 2.75) is 26.3 Å². The first-order valence-electron chi connectivity index (χ1n) is 5.47. The lowest BCUT2D eigenvalue weighted by atomic mass is 10.0. The Balaban J connectivity index is 3.12. The summed E-state index contributed by atoms with van der Waals surface area (Å²) in [5.41, 5.74) is -0.438. The minimum absolute atomic E-state index is 0.0961. The molecule has 0 aliphatic heterocycles. The summed E-state index contributed by atoms with van der Waals surface area (Å²) in [6, 6.07) is 1.37. The van der Waals surface area contributed by atoms with Crippen LogP contribution in [0.3, 0.4) is 0 Å². The van der Waals surface area contributed by atoms with Crippen LogP contribution in [0.5, 0.6) is 0 Å². The smallest absolute Gasteiger partial charge is 0.323 e. The normalized spacial score (nSPS) is 11.2. The van der Waals surface area contributed by atoms with E-state index >= 15 is 0 Å². The Morgan fingerprint density at radius 2 is 1.95 bits per heavy atom. The minimum Gasteiger partial charge on any atom is -0.480 e. The van der Waals surface area contributed by atoms with Gasteiger partial charge in [-0.15, -0.1) is 0 Å². The first kappa shape index (κ1) is 15.7. The second-order valence-corrected chi connectivity index (χ2v) is 5.72. The van der Waals surface area contributed by atoms with E-state index in [2.05, 4.69) is 4.98 Å². The van der Waals surface area contributed by atoms with Crippen LogP contribution < -0.4 is 0 Å². The van der Waals surface area contributed by atoms with Crippen LogP contribution in [0, 0.1) is 0 Å². The molecule has 0 fully saturated rings. The summed E-state index contributed by atoms with van der Waals surface area (Å²) in [5, 5.41) is 9.13. The third-order valence-corrected chi connectivity index (χ3v) is 3.08. The summed E-state index contributed by atoms with van der Waals surface area (Å²) in [7, 11) is 0. The Morgan fingerprint density at radius 1 is 1.37 bits per heavy atom. The number of carbonyl (C=O) groups excluding carboxylic acids is 1. The maximum absolute atomic E-state index is 12.3. The Morgan fingerprint density at radius 3 is 2.37 bits per heavy atom. The molecule has 7 heteroatoms. The highest BCUT2D eigenvalue weighted by atomic mass is 35.5. The number of rotatable bonds is 3. The molecular weight excluding hydrogens is 291 g/mol. The highest BCUT2D eigenvalue weighted by Crippen LogP contribution is 2.22. The Kier molecular flexibility index (Phi) is 4.76. The Hall–Kier alpha value is -1.33. The summed E-state index contributed by atoms with van der Waals surface area (Å²) in [6.45, 7) is 4.85. The topological polar surface area (TPSA) is 70.5 Å². The second kappa shape index (κ2) is 5.75. The fourth-order valence-corrected chi connectivity index (χ4v) is 1.71. The molecule has 1 heterocycles. The van der Waals surface area contributed by atoms with Crippen molar-refractivity contribution in [2.75, 3.05) is 6.54 Å². The summed E-state index contributed by atoms with van der Waals surface area (Å²) < 4.78 is 0. The molecule has 1 amide bonds. The fraction of sp³-hybridized carbons (Fsp3) is 0.417. The lowest BCUT2D eigenvalue weighted by Crippen LogP contribution is -2.48. The summed E-state index contributed by atoms with van der Waals surface area (Å²) in [4.78, 5) is 28.2. The zero-order chi connectivity index (χ0) is 14.8. The van der Waals surface area contributed by atoms with Crippen molar-refractivity contribution in [3.8, 4) is 0 Å². The lowest BCUT2D eigenvalue weighted by molar-refractivity contribution is -0.138. The molecule has 0 bridgehead atoms. The number of aromatic nitrogens is 1. The van der Waals surface area contributed by atoms with Gasteiger partial charge < -0.3 is 10.0 Å². The van der Waals surface area contributed by atoms with Gasteiger partial charge in [0.1, 0.15) is 11.7 Å². The van der Waals surface area contributed by atoms with E-state index in [0.29, 0.717) is 0 Å². The molecule has 0 spiro atoms. The number of hydrogen-bond acceptors (Lipinski definition) is 3. The number of carbonyl (C=O) groups is 2. The van der Waals surface area contributed by atoms with Crippen molar-refractivity contribution in [1.82, 2.24) is 9.88 Å². The first-order chi connectivity index (χ1) is 8.62.